The van der Waals surface area contributed by atoms with Gasteiger partial charge in [0, 0.05) is 18.3 Å². The molecule has 0 heterocycles. The van der Waals surface area contributed by atoms with E-state index >= 15 is 0 Å². The first-order valence-electron chi connectivity index (χ1n) is 8.65. The number of para-hydroxylation sites is 1. The molecule has 0 radical (unpaired) electrons. The lowest BCUT2D eigenvalue weighted by Crippen LogP contribution is -2.43. The van der Waals surface area contributed by atoms with Gasteiger partial charge in [0.05, 0.1) is 0 Å². The van der Waals surface area contributed by atoms with Crippen molar-refractivity contribution in [3.8, 4) is 0 Å². The van der Waals surface area contributed by atoms with Crippen LogP contribution < -0.4 is 5.32 Å². The zero-order valence-electron chi connectivity index (χ0n) is 15.3. The van der Waals surface area contributed by atoms with Crippen molar-refractivity contribution >= 4 is 17.5 Å². The third kappa shape index (κ3) is 4.92. The third-order valence-corrected chi connectivity index (χ3v) is 4.11. The second-order valence-corrected chi connectivity index (χ2v) is 6.71. The van der Waals surface area contributed by atoms with Crippen LogP contribution in [0.1, 0.15) is 44.7 Å². The zero-order chi connectivity index (χ0) is 18.4. The fourth-order valence-corrected chi connectivity index (χ4v) is 2.69. The molecule has 132 valence electrons. The number of amides is 2. The lowest BCUT2D eigenvalue weighted by Gasteiger charge is -2.26. The van der Waals surface area contributed by atoms with Crippen molar-refractivity contribution in [2.75, 3.05) is 5.32 Å². The van der Waals surface area contributed by atoms with Gasteiger partial charge in [-0.15, -0.1) is 0 Å². The fraction of sp³-hybridized carbons (Fsp3) is 0.333. The highest BCUT2D eigenvalue weighted by atomic mass is 16.2. The van der Waals surface area contributed by atoms with E-state index in [0.29, 0.717) is 12.2 Å². The van der Waals surface area contributed by atoms with Crippen LogP contribution in [0, 0.1) is 0 Å². The number of benzene rings is 2. The fourth-order valence-electron chi connectivity index (χ4n) is 2.69. The molecule has 4 heteroatoms. The number of carbonyl (C=O) groups excluding carboxylic acids is 2. The van der Waals surface area contributed by atoms with Gasteiger partial charge in [0.2, 0.25) is 0 Å². The van der Waals surface area contributed by atoms with Crippen molar-refractivity contribution in [3.05, 3.63) is 65.7 Å². The Morgan fingerprint density at radius 2 is 1.52 bits per heavy atom. The van der Waals surface area contributed by atoms with Crippen LogP contribution in [0.2, 0.25) is 0 Å². The van der Waals surface area contributed by atoms with E-state index in [0.717, 1.165) is 11.1 Å². The van der Waals surface area contributed by atoms with Crippen LogP contribution in [-0.2, 0) is 16.1 Å². The molecule has 2 aromatic carbocycles. The first-order chi connectivity index (χ1) is 11.9. The highest BCUT2D eigenvalue weighted by Gasteiger charge is 2.25. The minimum absolute atomic E-state index is 0.0706. The summed E-state index contributed by atoms with van der Waals surface area (Å²) in [7, 11) is 0. The highest BCUT2D eigenvalue weighted by Crippen LogP contribution is 2.23. The molecule has 0 bridgehead atoms. The largest absolute Gasteiger partial charge is 0.328 e. The number of hydrogen-bond donors (Lipinski definition) is 1. The van der Waals surface area contributed by atoms with Crippen LogP contribution >= 0.6 is 0 Å². The van der Waals surface area contributed by atoms with Gasteiger partial charge < -0.3 is 10.2 Å². The van der Waals surface area contributed by atoms with Crippen molar-refractivity contribution < 1.29 is 9.59 Å². The number of rotatable bonds is 5. The van der Waals surface area contributed by atoms with Crippen molar-refractivity contribution in [1.29, 1.82) is 0 Å². The number of nitrogens with one attached hydrogen (secondary N) is 1. The molecule has 0 atom stereocenters. The minimum atomic E-state index is -0.599. The van der Waals surface area contributed by atoms with Gasteiger partial charge in [0.25, 0.3) is 0 Å². The lowest BCUT2D eigenvalue weighted by atomic mass is 10.0. The maximum atomic E-state index is 12.7. The second kappa shape index (κ2) is 8.47. The molecule has 2 aromatic rings. The number of nitrogens with zero attached hydrogens (tertiary/aromatic N) is 1. The van der Waals surface area contributed by atoms with E-state index in [1.807, 2.05) is 68.4 Å². The Balaban J connectivity index is 2.15. The van der Waals surface area contributed by atoms with E-state index in [2.05, 4.69) is 19.2 Å². The van der Waals surface area contributed by atoms with Crippen molar-refractivity contribution in [2.24, 2.45) is 0 Å². The van der Waals surface area contributed by atoms with E-state index in [-0.39, 0.29) is 12.0 Å². The van der Waals surface area contributed by atoms with Crippen LogP contribution in [0.25, 0.3) is 0 Å². The topological polar surface area (TPSA) is 49.4 Å². The zero-order valence-corrected chi connectivity index (χ0v) is 15.3. The summed E-state index contributed by atoms with van der Waals surface area (Å²) in [5.74, 6) is -0.854. The maximum Gasteiger partial charge on any atom is 0.313 e. The van der Waals surface area contributed by atoms with Gasteiger partial charge >= 0.3 is 11.8 Å². The molecule has 1 N–H and O–H groups in total. The molecule has 0 saturated heterocycles. The van der Waals surface area contributed by atoms with Crippen LogP contribution in [0.5, 0.6) is 0 Å². The van der Waals surface area contributed by atoms with Crippen LogP contribution in [-0.4, -0.2) is 22.8 Å². The number of hydrogen-bond acceptors (Lipinski definition) is 2. The summed E-state index contributed by atoms with van der Waals surface area (Å²) in [5, 5.41) is 2.78. The molecule has 0 fully saturated rings. The summed E-state index contributed by atoms with van der Waals surface area (Å²) >= 11 is 0. The van der Waals surface area contributed by atoms with Gasteiger partial charge in [-0.2, -0.15) is 0 Å². The van der Waals surface area contributed by atoms with Crippen LogP contribution in [0.4, 0.5) is 5.69 Å². The van der Waals surface area contributed by atoms with Gasteiger partial charge in [0.15, 0.2) is 0 Å². The van der Waals surface area contributed by atoms with Crippen molar-refractivity contribution in [1.82, 2.24) is 4.90 Å². The van der Waals surface area contributed by atoms with Crippen LogP contribution in [0.15, 0.2) is 54.6 Å². The van der Waals surface area contributed by atoms with E-state index in [9.17, 15) is 9.59 Å². The molecule has 2 rings (SSSR count). The molecule has 0 aromatic heterocycles. The maximum absolute atomic E-state index is 12.7. The quantitative estimate of drug-likeness (QED) is 0.831. The molecule has 0 aliphatic rings. The predicted octanol–water partition coefficient (Wildman–Crippen LogP) is 4.19. The molecule has 0 aliphatic carbocycles. The molecular weight excluding hydrogens is 312 g/mol. The third-order valence-electron chi connectivity index (χ3n) is 4.11. The lowest BCUT2D eigenvalue weighted by molar-refractivity contribution is -0.144. The summed E-state index contributed by atoms with van der Waals surface area (Å²) in [6, 6.07) is 17.2. The van der Waals surface area contributed by atoms with Gasteiger partial charge in [0.1, 0.15) is 0 Å². The SMILES string of the molecule is CC(C)c1ccccc1NC(=O)C(=O)N(Cc1ccccc1)C(C)C. The van der Waals surface area contributed by atoms with Gasteiger partial charge in [-0.25, -0.2) is 0 Å². The van der Waals surface area contributed by atoms with E-state index in [1.165, 1.54) is 0 Å². The molecule has 25 heavy (non-hydrogen) atoms. The average Bonchev–Trinajstić information content (AvgIpc) is 2.60. The Morgan fingerprint density at radius 3 is 2.12 bits per heavy atom. The number of anilines is 1. The van der Waals surface area contributed by atoms with Crippen molar-refractivity contribution in [2.45, 2.75) is 46.2 Å². The Morgan fingerprint density at radius 1 is 0.920 bits per heavy atom. The Bertz CT molecular complexity index is 724. The van der Waals surface area contributed by atoms with Gasteiger partial charge in [-0.1, -0.05) is 62.4 Å². The van der Waals surface area contributed by atoms with Crippen LogP contribution in [0.3, 0.4) is 0 Å². The summed E-state index contributed by atoms with van der Waals surface area (Å²) in [6.45, 7) is 8.36. The molecule has 0 spiro atoms. The van der Waals surface area contributed by atoms with E-state index in [4.69, 9.17) is 0 Å². The minimum Gasteiger partial charge on any atom is -0.328 e. The monoisotopic (exact) mass is 338 g/mol. The molecule has 2 amide bonds. The van der Waals surface area contributed by atoms with E-state index < -0.39 is 11.8 Å². The Kier molecular flexibility index (Phi) is 6.34. The summed E-state index contributed by atoms with van der Waals surface area (Å²) in [4.78, 5) is 26.8. The first kappa shape index (κ1) is 18.7. The summed E-state index contributed by atoms with van der Waals surface area (Å²) < 4.78 is 0. The van der Waals surface area contributed by atoms with Crippen molar-refractivity contribution in [3.63, 3.8) is 0 Å². The Hall–Kier alpha value is -2.62. The standard InChI is InChI=1S/C21H26N2O2/c1-15(2)18-12-8-9-13-19(18)22-20(24)21(25)23(16(3)4)14-17-10-6-5-7-11-17/h5-13,15-16H,14H2,1-4H3,(H,22,24). The molecule has 4 nitrogen and oxygen atoms in total. The number of carbonyl (C=O) groups is 2. The second-order valence-electron chi connectivity index (χ2n) is 6.71. The normalized spacial score (nSPS) is 10.8. The highest BCUT2D eigenvalue weighted by molar-refractivity contribution is 6.39. The Labute approximate surface area is 149 Å². The smallest absolute Gasteiger partial charge is 0.313 e. The molecular formula is C21H26N2O2. The van der Waals surface area contributed by atoms with E-state index in [1.54, 1.807) is 4.90 Å². The predicted molar refractivity (Wildman–Crippen MR) is 101 cm³/mol. The summed E-state index contributed by atoms with van der Waals surface area (Å²) in [5.41, 5.74) is 2.71. The molecule has 0 aliphatic heterocycles. The average molecular weight is 338 g/mol. The molecule has 0 unspecified atom stereocenters. The van der Waals surface area contributed by atoms with Gasteiger partial charge in [-0.05, 0) is 37.0 Å². The van der Waals surface area contributed by atoms with Gasteiger partial charge in [-0.3, -0.25) is 9.59 Å². The summed E-state index contributed by atoms with van der Waals surface area (Å²) in [6.07, 6.45) is 0. The first-order valence-corrected chi connectivity index (χ1v) is 8.65. The molecule has 0 saturated carbocycles.